The summed E-state index contributed by atoms with van der Waals surface area (Å²) in [5.41, 5.74) is 2.32. The van der Waals surface area contributed by atoms with Crippen molar-refractivity contribution in [2.24, 2.45) is 0 Å². The van der Waals surface area contributed by atoms with Crippen LogP contribution in [-0.2, 0) is 4.79 Å². The largest absolute Gasteiger partial charge is 0.497 e. The number of hydrogen-bond donors (Lipinski definition) is 0. The first-order chi connectivity index (χ1) is 13.6. The van der Waals surface area contributed by atoms with Gasteiger partial charge in [-0.05, 0) is 37.4 Å². The highest BCUT2D eigenvalue weighted by Crippen LogP contribution is 2.33. The van der Waals surface area contributed by atoms with Gasteiger partial charge < -0.3 is 14.5 Å². The predicted octanol–water partition coefficient (Wildman–Crippen LogP) is 2.47. The number of carbonyl (C=O) groups is 2. The van der Waals surface area contributed by atoms with Crippen molar-refractivity contribution in [2.45, 2.75) is 0 Å². The second-order valence-electron chi connectivity index (χ2n) is 7.07. The number of hydrogen-bond acceptors (Lipinski definition) is 5. The molecule has 0 atom stereocenters. The van der Waals surface area contributed by atoms with E-state index in [4.69, 9.17) is 4.74 Å². The van der Waals surface area contributed by atoms with Crippen LogP contribution in [0.5, 0.6) is 5.75 Å². The van der Waals surface area contributed by atoms with Gasteiger partial charge >= 0.3 is 0 Å². The highest BCUT2D eigenvalue weighted by Gasteiger charge is 2.36. The Labute approximate surface area is 164 Å². The van der Waals surface area contributed by atoms with Gasteiger partial charge in [-0.2, -0.15) is 0 Å². The number of ether oxygens (including phenoxy) is 1. The number of methoxy groups -OCH3 is 1. The fraction of sp³-hybridized carbons (Fsp3) is 0.273. The summed E-state index contributed by atoms with van der Waals surface area (Å²) in [6.07, 6.45) is 1.91. The molecule has 2 heterocycles. The smallest absolute Gasteiger partial charge is 0.267 e. The SMILES string of the molecule is COc1ccc(N2C(=O)/C(=C\N3CCN(C)CC3)c3ccccc3C2=O)cc1. The molecule has 0 spiro atoms. The van der Waals surface area contributed by atoms with Gasteiger partial charge in [0.2, 0.25) is 0 Å². The molecule has 144 valence electrons. The molecule has 0 unspecified atom stereocenters. The van der Waals surface area contributed by atoms with Gasteiger partial charge in [0, 0.05) is 43.5 Å². The molecule has 6 heteroatoms. The second kappa shape index (κ2) is 7.48. The number of likely N-dealkylation sites (N-methyl/N-ethyl adjacent to an activating group) is 1. The van der Waals surface area contributed by atoms with E-state index in [9.17, 15) is 9.59 Å². The predicted molar refractivity (Wildman–Crippen MR) is 108 cm³/mol. The maximum atomic E-state index is 13.4. The van der Waals surface area contributed by atoms with Crippen LogP contribution in [0.15, 0.2) is 54.7 Å². The molecule has 0 aliphatic carbocycles. The number of imide groups is 1. The molecule has 6 nitrogen and oxygen atoms in total. The van der Waals surface area contributed by atoms with Gasteiger partial charge in [0.05, 0.1) is 18.4 Å². The number of amides is 2. The standard InChI is InChI=1S/C22H23N3O3/c1-23-11-13-24(14-12-23)15-20-18-5-3-4-6-19(18)21(26)25(22(20)27)16-7-9-17(28-2)10-8-16/h3-10,15H,11-14H2,1-2H3/b20-15-. The minimum atomic E-state index is -0.304. The Morgan fingerprint density at radius 3 is 2.14 bits per heavy atom. The average molecular weight is 377 g/mol. The number of fused-ring (bicyclic) bond motifs is 1. The monoisotopic (exact) mass is 377 g/mol. The maximum Gasteiger partial charge on any atom is 0.267 e. The summed E-state index contributed by atoms with van der Waals surface area (Å²) in [7, 11) is 3.68. The van der Waals surface area contributed by atoms with Gasteiger partial charge in [-0.1, -0.05) is 18.2 Å². The van der Waals surface area contributed by atoms with Crippen LogP contribution in [0.2, 0.25) is 0 Å². The fourth-order valence-electron chi connectivity index (χ4n) is 3.58. The summed E-state index contributed by atoms with van der Waals surface area (Å²) >= 11 is 0. The lowest BCUT2D eigenvalue weighted by atomic mass is 9.93. The zero-order valence-corrected chi connectivity index (χ0v) is 16.1. The summed E-state index contributed by atoms with van der Waals surface area (Å²) in [6, 6.07) is 14.3. The molecule has 2 aromatic rings. The lowest BCUT2D eigenvalue weighted by molar-refractivity contribution is -0.112. The molecule has 0 radical (unpaired) electrons. The van der Waals surface area contributed by atoms with Gasteiger partial charge in [-0.3, -0.25) is 9.59 Å². The number of anilines is 1. The molecule has 2 aliphatic heterocycles. The fourth-order valence-corrected chi connectivity index (χ4v) is 3.58. The first-order valence-corrected chi connectivity index (χ1v) is 9.35. The molecule has 1 fully saturated rings. The Kier molecular flexibility index (Phi) is 4.88. The number of nitrogens with zero attached hydrogens (tertiary/aromatic N) is 3. The van der Waals surface area contributed by atoms with E-state index < -0.39 is 0 Å². The van der Waals surface area contributed by atoms with Crippen LogP contribution in [-0.4, -0.2) is 62.0 Å². The molecule has 0 bridgehead atoms. The molecule has 28 heavy (non-hydrogen) atoms. The Morgan fingerprint density at radius 1 is 0.857 bits per heavy atom. The minimum Gasteiger partial charge on any atom is -0.497 e. The topological polar surface area (TPSA) is 53.1 Å². The van der Waals surface area contributed by atoms with E-state index >= 15 is 0 Å². The normalized spacial score (nSPS) is 19.1. The van der Waals surface area contributed by atoms with Crippen molar-refractivity contribution in [1.29, 1.82) is 0 Å². The molecule has 0 N–H and O–H groups in total. The van der Waals surface area contributed by atoms with Crippen molar-refractivity contribution >= 4 is 23.1 Å². The van der Waals surface area contributed by atoms with Crippen LogP contribution in [0, 0.1) is 0 Å². The molecule has 2 aliphatic rings. The van der Waals surface area contributed by atoms with Crippen LogP contribution < -0.4 is 9.64 Å². The zero-order chi connectivity index (χ0) is 19.7. The lowest BCUT2D eigenvalue weighted by Crippen LogP contribution is -2.44. The van der Waals surface area contributed by atoms with E-state index in [-0.39, 0.29) is 11.8 Å². The molecule has 0 saturated carbocycles. The van der Waals surface area contributed by atoms with Crippen molar-refractivity contribution < 1.29 is 14.3 Å². The number of benzene rings is 2. The summed E-state index contributed by atoms with van der Waals surface area (Å²) in [4.78, 5) is 32.1. The van der Waals surface area contributed by atoms with Crippen LogP contribution in [0.25, 0.3) is 5.57 Å². The van der Waals surface area contributed by atoms with Crippen molar-refractivity contribution in [1.82, 2.24) is 9.80 Å². The summed E-state index contributed by atoms with van der Waals surface area (Å²) in [6.45, 7) is 3.60. The summed E-state index contributed by atoms with van der Waals surface area (Å²) < 4.78 is 5.19. The van der Waals surface area contributed by atoms with E-state index in [2.05, 4.69) is 16.8 Å². The van der Waals surface area contributed by atoms with Gasteiger partial charge in [-0.15, -0.1) is 0 Å². The zero-order valence-electron chi connectivity index (χ0n) is 16.1. The number of piperazine rings is 1. The van der Waals surface area contributed by atoms with Crippen LogP contribution in [0.4, 0.5) is 5.69 Å². The first-order valence-electron chi connectivity index (χ1n) is 9.35. The van der Waals surface area contributed by atoms with E-state index in [1.54, 1.807) is 37.4 Å². The van der Waals surface area contributed by atoms with E-state index in [1.165, 1.54) is 4.90 Å². The Morgan fingerprint density at radius 2 is 1.50 bits per heavy atom. The number of rotatable bonds is 3. The second-order valence-corrected chi connectivity index (χ2v) is 7.07. The Bertz CT molecular complexity index is 928. The third kappa shape index (κ3) is 3.27. The summed E-state index contributed by atoms with van der Waals surface area (Å²) in [5, 5.41) is 0. The van der Waals surface area contributed by atoms with Gasteiger partial charge in [0.15, 0.2) is 0 Å². The molecule has 4 rings (SSSR count). The van der Waals surface area contributed by atoms with E-state index in [1.807, 2.05) is 24.4 Å². The average Bonchev–Trinajstić information content (AvgIpc) is 2.73. The quantitative estimate of drug-likeness (QED) is 0.608. The Hall–Kier alpha value is -3.12. The molecular weight excluding hydrogens is 354 g/mol. The highest BCUT2D eigenvalue weighted by molar-refractivity contribution is 6.41. The lowest BCUT2D eigenvalue weighted by Gasteiger charge is -2.34. The van der Waals surface area contributed by atoms with Crippen molar-refractivity contribution in [3.63, 3.8) is 0 Å². The maximum absolute atomic E-state index is 13.4. The molecule has 2 amide bonds. The molecule has 0 aromatic heterocycles. The van der Waals surface area contributed by atoms with Crippen LogP contribution in [0.1, 0.15) is 15.9 Å². The van der Waals surface area contributed by atoms with Gasteiger partial charge in [0.25, 0.3) is 11.8 Å². The highest BCUT2D eigenvalue weighted by atomic mass is 16.5. The third-order valence-corrected chi connectivity index (χ3v) is 5.26. The van der Waals surface area contributed by atoms with Crippen molar-refractivity contribution in [2.75, 3.05) is 45.2 Å². The van der Waals surface area contributed by atoms with Crippen molar-refractivity contribution in [3.05, 3.63) is 65.9 Å². The van der Waals surface area contributed by atoms with Crippen LogP contribution in [0.3, 0.4) is 0 Å². The minimum absolute atomic E-state index is 0.298. The van der Waals surface area contributed by atoms with Crippen LogP contribution >= 0.6 is 0 Å². The molecule has 2 aromatic carbocycles. The van der Waals surface area contributed by atoms with Crippen molar-refractivity contribution in [3.8, 4) is 5.75 Å². The van der Waals surface area contributed by atoms with E-state index in [0.717, 1.165) is 26.2 Å². The first kappa shape index (κ1) is 18.3. The number of carbonyl (C=O) groups excluding carboxylic acids is 2. The van der Waals surface area contributed by atoms with Gasteiger partial charge in [-0.25, -0.2) is 4.90 Å². The third-order valence-electron chi connectivity index (χ3n) is 5.26. The van der Waals surface area contributed by atoms with E-state index in [0.29, 0.717) is 28.1 Å². The molecule has 1 saturated heterocycles. The van der Waals surface area contributed by atoms with Gasteiger partial charge in [0.1, 0.15) is 5.75 Å². The summed E-state index contributed by atoms with van der Waals surface area (Å²) in [5.74, 6) is 0.0725. The Balaban J connectivity index is 1.76. The molecular formula is C22H23N3O3.